The van der Waals surface area contributed by atoms with E-state index in [1.165, 1.54) is 13.2 Å². The van der Waals surface area contributed by atoms with Gasteiger partial charge >= 0.3 is 6.18 Å². The maximum atomic E-state index is 13.2. The highest BCUT2D eigenvalue weighted by atomic mass is 19.4. The molecule has 0 saturated heterocycles. The van der Waals surface area contributed by atoms with E-state index in [0.717, 1.165) is 31.4 Å². The van der Waals surface area contributed by atoms with E-state index in [1.54, 1.807) is 19.1 Å². The van der Waals surface area contributed by atoms with E-state index in [0.29, 0.717) is 23.2 Å². The fraction of sp³-hybridized carbons (Fsp3) is 0.400. The number of pyridine rings is 1. The zero-order valence-corrected chi connectivity index (χ0v) is 15.5. The quantitative estimate of drug-likeness (QED) is 0.780. The van der Waals surface area contributed by atoms with Gasteiger partial charge in [0.2, 0.25) is 5.88 Å². The molecule has 8 heteroatoms. The second kappa shape index (κ2) is 6.39. The molecular weight excluding hydrogens is 371 g/mol. The van der Waals surface area contributed by atoms with Crippen LogP contribution in [0.15, 0.2) is 30.3 Å². The highest BCUT2D eigenvalue weighted by molar-refractivity contribution is 6.08. The van der Waals surface area contributed by atoms with Crippen LogP contribution in [0.3, 0.4) is 0 Å². The fourth-order valence-electron chi connectivity index (χ4n) is 3.91. The van der Waals surface area contributed by atoms with Crippen LogP contribution in [0.25, 0.3) is 0 Å². The van der Waals surface area contributed by atoms with E-state index in [2.05, 4.69) is 15.6 Å². The van der Waals surface area contributed by atoms with E-state index in [9.17, 15) is 18.0 Å². The number of carbonyl (C=O) groups excluding carboxylic acids is 1. The van der Waals surface area contributed by atoms with Gasteiger partial charge in [-0.05, 0) is 56.4 Å². The molecule has 0 unspecified atom stereocenters. The third-order valence-corrected chi connectivity index (χ3v) is 5.55. The molecule has 1 amide bonds. The molecule has 148 valence electrons. The molecule has 3 saturated carbocycles. The number of ether oxygens (including phenoxy) is 1. The van der Waals surface area contributed by atoms with Crippen molar-refractivity contribution in [2.75, 3.05) is 17.7 Å². The first-order valence-electron chi connectivity index (χ1n) is 9.01. The molecule has 3 aliphatic carbocycles. The van der Waals surface area contributed by atoms with Gasteiger partial charge in [-0.15, -0.1) is 0 Å². The smallest absolute Gasteiger partial charge is 0.416 e. The Balaban J connectivity index is 1.62. The van der Waals surface area contributed by atoms with Crippen molar-refractivity contribution in [1.82, 2.24) is 4.98 Å². The topological polar surface area (TPSA) is 63.2 Å². The summed E-state index contributed by atoms with van der Waals surface area (Å²) in [5.41, 5.74) is 0.468. The summed E-state index contributed by atoms with van der Waals surface area (Å²) < 4.78 is 44.5. The molecule has 2 bridgehead atoms. The zero-order valence-electron chi connectivity index (χ0n) is 15.5. The SMILES string of the molecule is COc1ccc(NC(=O)c2ccc(C(F)(F)F)cc2NC23CC(C2)C3)c(C)n1. The number of rotatable bonds is 5. The molecule has 0 spiro atoms. The summed E-state index contributed by atoms with van der Waals surface area (Å²) >= 11 is 0. The Hall–Kier alpha value is -2.77. The number of methoxy groups -OCH3 is 1. The molecule has 0 aliphatic heterocycles. The van der Waals surface area contributed by atoms with Gasteiger partial charge in [0.15, 0.2) is 0 Å². The lowest BCUT2D eigenvalue weighted by atomic mass is 9.50. The summed E-state index contributed by atoms with van der Waals surface area (Å²) in [5.74, 6) is 0.581. The maximum absolute atomic E-state index is 13.2. The highest BCUT2D eigenvalue weighted by Gasteiger charge is 2.56. The Bertz CT molecular complexity index is 926. The van der Waals surface area contributed by atoms with E-state index < -0.39 is 17.6 Å². The molecule has 3 aliphatic rings. The molecule has 1 aromatic heterocycles. The lowest BCUT2D eigenvalue weighted by molar-refractivity contribution is -0.137. The van der Waals surface area contributed by atoms with Crippen molar-refractivity contribution < 1.29 is 22.7 Å². The second-order valence-electron chi connectivity index (χ2n) is 7.58. The third kappa shape index (κ3) is 3.27. The highest BCUT2D eigenvalue weighted by Crippen LogP contribution is 2.58. The summed E-state index contributed by atoms with van der Waals surface area (Å²) in [4.78, 5) is 17.0. The Morgan fingerprint density at radius 3 is 2.43 bits per heavy atom. The minimum atomic E-state index is -4.47. The Morgan fingerprint density at radius 2 is 1.89 bits per heavy atom. The molecule has 2 aromatic rings. The van der Waals surface area contributed by atoms with E-state index in [1.807, 2.05) is 0 Å². The lowest BCUT2D eigenvalue weighted by Gasteiger charge is -2.62. The van der Waals surface area contributed by atoms with Gasteiger partial charge < -0.3 is 15.4 Å². The number of alkyl halides is 3. The van der Waals surface area contributed by atoms with Crippen molar-refractivity contribution in [2.24, 2.45) is 5.92 Å². The van der Waals surface area contributed by atoms with Gasteiger partial charge in [0.25, 0.3) is 5.91 Å². The zero-order chi connectivity index (χ0) is 20.1. The van der Waals surface area contributed by atoms with Crippen molar-refractivity contribution in [2.45, 2.75) is 37.9 Å². The number of hydrogen-bond acceptors (Lipinski definition) is 4. The number of nitrogens with one attached hydrogen (secondary N) is 2. The van der Waals surface area contributed by atoms with Crippen LogP contribution in [0, 0.1) is 12.8 Å². The minimum absolute atomic E-state index is 0.165. The number of anilines is 2. The molecule has 1 aromatic carbocycles. The molecule has 28 heavy (non-hydrogen) atoms. The number of nitrogens with zero attached hydrogens (tertiary/aromatic N) is 1. The van der Waals surface area contributed by atoms with Gasteiger partial charge in [-0.2, -0.15) is 13.2 Å². The van der Waals surface area contributed by atoms with Crippen LogP contribution in [0.4, 0.5) is 24.5 Å². The van der Waals surface area contributed by atoms with Crippen LogP contribution < -0.4 is 15.4 Å². The van der Waals surface area contributed by atoms with Gasteiger partial charge in [-0.3, -0.25) is 4.79 Å². The van der Waals surface area contributed by atoms with Crippen LogP contribution >= 0.6 is 0 Å². The monoisotopic (exact) mass is 391 g/mol. The Kier molecular flexibility index (Phi) is 4.24. The van der Waals surface area contributed by atoms with Gasteiger partial charge in [0.1, 0.15) is 0 Å². The summed E-state index contributed by atoms with van der Waals surface area (Å²) in [6.07, 6.45) is -1.66. The standard InChI is InChI=1S/C20H20F3N3O2/c1-11-15(5-6-17(24-11)28-2)25-18(27)14-4-3-13(20(21,22)23)7-16(14)26-19-8-12(9-19)10-19/h3-7,12,26H,8-10H2,1-2H3,(H,25,27). The third-order valence-electron chi connectivity index (χ3n) is 5.55. The van der Waals surface area contributed by atoms with E-state index >= 15 is 0 Å². The first-order valence-corrected chi connectivity index (χ1v) is 9.01. The van der Waals surface area contributed by atoms with Crippen LogP contribution in [0.2, 0.25) is 0 Å². The molecule has 0 radical (unpaired) electrons. The minimum Gasteiger partial charge on any atom is -0.481 e. The number of aromatic nitrogens is 1. The average molecular weight is 391 g/mol. The van der Waals surface area contributed by atoms with Crippen molar-refractivity contribution in [3.8, 4) is 5.88 Å². The molecule has 2 N–H and O–H groups in total. The Morgan fingerprint density at radius 1 is 1.18 bits per heavy atom. The second-order valence-corrected chi connectivity index (χ2v) is 7.58. The van der Waals surface area contributed by atoms with Gasteiger partial charge in [-0.25, -0.2) is 4.98 Å². The summed E-state index contributed by atoms with van der Waals surface area (Å²) in [6.45, 7) is 1.71. The average Bonchev–Trinajstić information content (AvgIpc) is 2.57. The largest absolute Gasteiger partial charge is 0.481 e. The molecule has 5 nitrogen and oxygen atoms in total. The number of hydrogen-bond donors (Lipinski definition) is 2. The number of carbonyl (C=O) groups is 1. The molecule has 5 rings (SSSR count). The summed E-state index contributed by atoms with van der Waals surface area (Å²) in [7, 11) is 1.49. The van der Waals surface area contributed by atoms with E-state index in [4.69, 9.17) is 4.74 Å². The normalized spacial score (nSPS) is 22.7. The summed E-state index contributed by atoms with van der Waals surface area (Å²) in [5, 5.41) is 5.94. The van der Waals surface area contributed by atoms with Crippen molar-refractivity contribution in [1.29, 1.82) is 0 Å². The number of halogens is 3. The maximum Gasteiger partial charge on any atom is 0.416 e. The first-order chi connectivity index (χ1) is 13.2. The van der Waals surface area contributed by atoms with Crippen LogP contribution in [0.5, 0.6) is 5.88 Å². The van der Waals surface area contributed by atoms with Crippen molar-refractivity contribution in [3.63, 3.8) is 0 Å². The van der Waals surface area contributed by atoms with Crippen molar-refractivity contribution in [3.05, 3.63) is 47.2 Å². The van der Waals surface area contributed by atoms with Crippen LogP contribution in [-0.2, 0) is 6.18 Å². The molecular formula is C20H20F3N3O2. The predicted molar refractivity (Wildman–Crippen MR) is 98.6 cm³/mol. The van der Waals surface area contributed by atoms with Crippen LogP contribution in [-0.4, -0.2) is 23.5 Å². The lowest BCUT2D eigenvalue weighted by Crippen LogP contribution is -2.63. The fourth-order valence-corrected chi connectivity index (χ4v) is 3.91. The van der Waals surface area contributed by atoms with Crippen molar-refractivity contribution >= 4 is 17.3 Å². The molecule has 1 heterocycles. The number of amides is 1. The van der Waals surface area contributed by atoms with Gasteiger partial charge in [0, 0.05) is 17.3 Å². The van der Waals surface area contributed by atoms with E-state index in [-0.39, 0.29) is 16.8 Å². The molecule has 3 fully saturated rings. The first kappa shape index (κ1) is 18.6. The van der Waals surface area contributed by atoms with Gasteiger partial charge in [-0.1, -0.05) is 0 Å². The Labute approximate surface area is 160 Å². The molecule has 0 atom stereocenters. The van der Waals surface area contributed by atoms with Gasteiger partial charge in [0.05, 0.1) is 29.6 Å². The number of aryl methyl sites for hydroxylation is 1. The predicted octanol–water partition coefficient (Wildman–Crippen LogP) is 4.63. The van der Waals surface area contributed by atoms with Crippen LogP contribution in [0.1, 0.15) is 40.9 Å². The number of benzene rings is 1. The summed E-state index contributed by atoms with van der Waals surface area (Å²) in [6, 6.07) is 6.43.